The van der Waals surface area contributed by atoms with Crippen molar-refractivity contribution in [3.63, 3.8) is 0 Å². The Morgan fingerprint density at radius 1 is 1.50 bits per heavy atom. The highest BCUT2D eigenvalue weighted by atomic mass is 35.5. The van der Waals surface area contributed by atoms with E-state index < -0.39 is 0 Å². The van der Waals surface area contributed by atoms with Gasteiger partial charge in [-0.05, 0) is 6.07 Å². The molecule has 5 nitrogen and oxygen atoms in total. The zero-order valence-corrected chi connectivity index (χ0v) is 12.1. The molecule has 6 heteroatoms. The molecule has 1 heterocycles. The van der Waals surface area contributed by atoms with Crippen LogP contribution in [0.25, 0.3) is 0 Å². The summed E-state index contributed by atoms with van der Waals surface area (Å²) in [4.78, 5) is 11.8. The first-order valence-corrected chi connectivity index (χ1v) is 6.87. The fraction of sp³-hybridized carbons (Fsp3) is 0.500. The highest BCUT2D eigenvalue weighted by Crippen LogP contribution is 2.37. The van der Waals surface area contributed by atoms with Crippen LogP contribution >= 0.6 is 11.6 Å². The molecule has 0 bridgehead atoms. The smallest absolute Gasteiger partial charge is 0.246 e. The van der Waals surface area contributed by atoms with Gasteiger partial charge in [-0.15, -0.1) is 0 Å². The Balaban J connectivity index is 1.91. The SMILES string of the molecule is COCCOCC(=O)NC1CCOc2c(Cl)cccc21. The third-order valence-electron chi connectivity index (χ3n) is 3.03. The Labute approximate surface area is 123 Å². The van der Waals surface area contributed by atoms with E-state index in [4.69, 9.17) is 25.8 Å². The Bertz CT molecular complexity index is 466. The van der Waals surface area contributed by atoms with E-state index in [1.165, 1.54) is 0 Å². The van der Waals surface area contributed by atoms with E-state index in [2.05, 4.69) is 5.32 Å². The number of nitrogens with one attached hydrogen (secondary N) is 1. The molecule has 1 aromatic rings. The molecule has 1 aromatic carbocycles. The van der Waals surface area contributed by atoms with E-state index in [9.17, 15) is 4.79 Å². The lowest BCUT2D eigenvalue weighted by atomic mass is 10.0. The molecule has 0 aliphatic carbocycles. The number of hydrogen-bond donors (Lipinski definition) is 1. The number of para-hydroxylation sites is 1. The molecule has 1 amide bonds. The number of carbonyl (C=O) groups is 1. The summed E-state index contributed by atoms with van der Waals surface area (Å²) in [5.41, 5.74) is 0.911. The molecular weight excluding hydrogens is 282 g/mol. The normalized spacial score (nSPS) is 17.2. The minimum absolute atomic E-state index is 0.0244. The summed E-state index contributed by atoms with van der Waals surface area (Å²) >= 11 is 6.09. The van der Waals surface area contributed by atoms with Gasteiger partial charge in [-0.2, -0.15) is 0 Å². The number of ether oxygens (including phenoxy) is 3. The number of fused-ring (bicyclic) bond motifs is 1. The Kier molecular flexibility index (Phi) is 5.64. The fourth-order valence-corrected chi connectivity index (χ4v) is 2.32. The van der Waals surface area contributed by atoms with Crippen LogP contribution in [-0.4, -0.2) is 39.4 Å². The summed E-state index contributed by atoms with van der Waals surface area (Å²) in [6, 6.07) is 5.45. The van der Waals surface area contributed by atoms with Crippen LogP contribution in [0.3, 0.4) is 0 Å². The average molecular weight is 300 g/mol. The molecule has 1 atom stereocenters. The molecule has 0 aromatic heterocycles. The fourth-order valence-electron chi connectivity index (χ4n) is 2.08. The Morgan fingerprint density at radius 2 is 2.35 bits per heavy atom. The second kappa shape index (κ2) is 7.47. The largest absolute Gasteiger partial charge is 0.492 e. The Morgan fingerprint density at radius 3 is 3.15 bits per heavy atom. The number of benzene rings is 1. The highest BCUT2D eigenvalue weighted by molar-refractivity contribution is 6.32. The summed E-state index contributed by atoms with van der Waals surface area (Å²) in [6.45, 7) is 1.44. The molecule has 2 rings (SSSR count). The predicted octanol–water partition coefficient (Wildman–Crippen LogP) is 1.94. The topological polar surface area (TPSA) is 56.8 Å². The second-order valence-electron chi connectivity index (χ2n) is 4.46. The van der Waals surface area contributed by atoms with Gasteiger partial charge in [0.25, 0.3) is 0 Å². The van der Waals surface area contributed by atoms with Crippen LogP contribution < -0.4 is 10.1 Å². The van der Waals surface area contributed by atoms with Gasteiger partial charge in [-0.1, -0.05) is 23.7 Å². The monoisotopic (exact) mass is 299 g/mol. The van der Waals surface area contributed by atoms with Crippen molar-refractivity contribution >= 4 is 17.5 Å². The summed E-state index contributed by atoms with van der Waals surface area (Å²) in [6.07, 6.45) is 0.719. The zero-order valence-electron chi connectivity index (χ0n) is 11.4. The van der Waals surface area contributed by atoms with Gasteiger partial charge in [0.05, 0.1) is 30.9 Å². The third kappa shape index (κ3) is 3.85. The van der Waals surface area contributed by atoms with Crippen molar-refractivity contribution in [1.82, 2.24) is 5.32 Å². The van der Waals surface area contributed by atoms with Crippen molar-refractivity contribution in [2.24, 2.45) is 0 Å². The van der Waals surface area contributed by atoms with Crippen molar-refractivity contribution in [2.45, 2.75) is 12.5 Å². The van der Waals surface area contributed by atoms with Gasteiger partial charge in [0.2, 0.25) is 5.91 Å². The minimum atomic E-state index is -0.154. The van der Waals surface area contributed by atoms with Crippen LogP contribution in [0.4, 0.5) is 0 Å². The quantitative estimate of drug-likeness (QED) is 0.816. The van der Waals surface area contributed by atoms with E-state index in [1.807, 2.05) is 12.1 Å². The number of halogens is 1. The van der Waals surface area contributed by atoms with Gasteiger partial charge in [-0.3, -0.25) is 4.79 Å². The summed E-state index contributed by atoms with van der Waals surface area (Å²) in [5.74, 6) is 0.505. The van der Waals surface area contributed by atoms with E-state index in [1.54, 1.807) is 13.2 Å². The van der Waals surface area contributed by atoms with Gasteiger partial charge < -0.3 is 19.5 Å². The molecule has 0 saturated carbocycles. The molecule has 0 saturated heterocycles. The molecule has 110 valence electrons. The first-order chi connectivity index (χ1) is 9.72. The molecule has 0 fully saturated rings. The lowest BCUT2D eigenvalue weighted by Crippen LogP contribution is -2.34. The van der Waals surface area contributed by atoms with Gasteiger partial charge in [-0.25, -0.2) is 0 Å². The van der Waals surface area contributed by atoms with E-state index >= 15 is 0 Å². The first kappa shape index (κ1) is 15.1. The maximum Gasteiger partial charge on any atom is 0.246 e. The van der Waals surface area contributed by atoms with Crippen LogP contribution in [-0.2, 0) is 14.3 Å². The van der Waals surface area contributed by atoms with Crippen LogP contribution in [0.15, 0.2) is 18.2 Å². The summed E-state index contributed by atoms with van der Waals surface area (Å²) < 4.78 is 15.6. The number of carbonyl (C=O) groups excluding carboxylic acids is 1. The maximum atomic E-state index is 11.8. The van der Waals surface area contributed by atoms with Crippen LogP contribution in [0.5, 0.6) is 5.75 Å². The van der Waals surface area contributed by atoms with Gasteiger partial charge >= 0.3 is 0 Å². The average Bonchev–Trinajstić information content (AvgIpc) is 2.45. The number of amides is 1. The van der Waals surface area contributed by atoms with Crippen molar-refractivity contribution < 1.29 is 19.0 Å². The maximum absolute atomic E-state index is 11.8. The van der Waals surface area contributed by atoms with Crippen LogP contribution in [0, 0.1) is 0 Å². The first-order valence-electron chi connectivity index (χ1n) is 6.49. The Hall–Kier alpha value is -1.30. The molecule has 1 N–H and O–H groups in total. The summed E-state index contributed by atoms with van der Waals surface area (Å²) in [7, 11) is 1.59. The highest BCUT2D eigenvalue weighted by Gasteiger charge is 2.24. The number of hydrogen-bond acceptors (Lipinski definition) is 4. The second-order valence-corrected chi connectivity index (χ2v) is 4.87. The van der Waals surface area contributed by atoms with Gasteiger partial charge in [0.15, 0.2) is 0 Å². The van der Waals surface area contributed by atoms with Gasteiger partial charge in [0.1, 0.15) is 12.4 Å². The van der Waals surface area contributed by atoms with Crippen molar-refractivity contribution in [1.29, 1.82) is 0 Å². The zero-order chi connectivity index (χ0) is 14.4. The molecule has 0 radical (unpaired) electrons. The van der Waals surface area contributed by atoms with Gasteiger partial charge in [0, 0.05) is 19.1 Å². The van der Waals surface area contributed by atoms with Crippen molar-refractivity contribution in [2.75, 3.05) is 33.5 Å². The predicted molar refractivity (Wildman–Crippen MR) is 75.1 cm³/mol. The molecular formula is C14H18ClNO4. The number of rotatable bonds is 6. The summed E-state index contributed by atoms with van der Waals surface area (Å²) in [5, 5.41) is 3.50. The van der Waals surface area contributed by atoms with Crippen molar-refractivity contribution in [3.05, 3.63) is 28.8 Å². The molecule has 1 unspecified atom stereocenters. The number of methoxy groups -OCH3 is 1. The molecule has 1 aliphatic heterocycles. The standard InChI is InChI=1S/C14H18ClNO4/c1-18-7-8-19-9-13(17)16-12-5-6-20-14-10(12)3-2-4-11(14)15/h2-4,12H,5-9H2,1H3,(H,16,17). The molecule has 0 spiro atoms. The minimum Gasteiger partial charge on any atom is -0.492 e. The van der Waals surface area contributed by atoms with Crippen LogP contribution in [0.1, 0.15) is 18.0 Å². The van der Waals surface area contributed by atoms with E-state index in [0.29, 0.717) is 30.6 Å². The van der Waals surface area contributed by atoms with Crippen molar-refractivity contribution in [3.8, 4) is 5.75 Å². The van der Waals surface area contributed by atoms with Crippen LogP contribution in [0.2, 0.25) is 5.02 Å². The molecule has 1 aliphatic rings. The lowest BCUT2D eigenvalue weighted by molar-refractivity contribution is -0.127. The van der Waals surface area contributed by atoms with E-state index in [0.717, 1.165) is 12.0 Å². The lowest BCUT2D eigenvalue weighted by Gasteiger charge is -2.27. The third-order valence-corrected chi connectivity index (χ3v) is 3.32. The molecule has 20 heavy (non-hydrogen) atoms. The van der Waals surface area contributed by atoms with E-state index in [-0.39, 0.29) is 18.6 Å².